The summed E-state index contributed by atoms with van der Waals surface area (Å²) in [6.45, 7) is 0. The predicted molar refractivity (Wildman–Crippen MR) is 80.4 cm³/mol. The fourth-order valence-electron chi connectivity index (χ4n) is 2.94. The number of ketones is 1. The van der Waals surface area contributed by atoms with Gasteiger partial charge in [0.1, 0.15) is 11.5 Å². The lowest BCUT2D eigenvalue weighted by atomic mass is 9.80. The maximum absolute atomic E-state index is 12.3. The van der Waals surface area contributed by atoms with E-state index in [0.717, 1.165) is 0 Å². The minimum atomic E-state index is -0.841. The van der Waals surface area contributed by atoms with E-state index in [1.807, 2.05) is 0 Å². The van der Waals surface area contributed by atoms with Crippen LogP contribution in [0.2, 0.25) is 10.0 Å². The number of carbonyl (C=O) groups is 2. The smallest absolute Gasteiger partial charge is 0.256 e. The standard InChI is InChI=1S/C15H13Cl2NO3/c16-8-1-2-11(17)10(7-8)12-13(20)15(18-14(12)21)5-3-9(19)4-6-15/h1-2,7,20H,3-6H2,(H,18,21). The molecule has 0 saturated heterocycles. The molecule has 1 fully saturated rings. The quantitative estimate of drug-likeness (QED) is 0.832. The number of carbonyl (C=O) groups excluding carboxylic acids is 2. The van der Waals surface area contributed by atoms with Gasteiger partial charge in [-0.25, -0.2) is 0 Å². The lowest BCUT2D eigenvalue weighted by Crippen LogP contribution is -2.47. The van der Waals surface area contributed by atoms with Crippen molar-refractivity contribution in [1.82, 2.24) is 5.32 Å². The topological polar surface area (TPSA) is 66.4 Å². The highest BCUT2D eigenvalue weighted by molar-refractivity contribution is 6.37. The average Bonchev–Trinajstić information content (AvgIpc) is 2.68. The Kier molecular flexibility index (Phi) is 3.46. The first-order valence-corrected chi connectivity index (χ1v) is 7.42. The van der Waals surface area contributed by atoms with Gasteiger partial charge in [-0.05, 0) is 31.0 Å². The van der Waals surface area contributed by atoms with E-state index in [-0.39, 0.29) is 23.0 Å². The lowest BCUT2D eigenvalue weighted by molar-refractivity contribution is -0.123. The third-order valence-electron chi connectivity index (χ3n) is 4.13. The molecule has 1 heterocycles. The molecule has 1 aromatic rings. The van der Waals surface area contributed by atoms with Crippen LogP contribution in [-0.2, 0) is 9.59 Å². The summed E-state index contributed by atoms with van der Waals surface area (Å²) in [5, 5.41) is 14.2. The number of nitrogens with one attached hydrogen (secondary N) is 1. The van der Waals surface area contributed by atoms with Gasteiger partial charge in [-0.2, -0.15) is 0 Å². The molecule has 0 radical (unpaired) electrons. The van der Waals surface area contributed by atoms with Crippen molar-refractivity contribution >= 4 is 40.5 Å². The first kappa shape index (κ1) is 14.4. The number of amides is 1. The molecule has 1 amide bonds. The number of Topliss-reactive ketones (excluding diaryl/α,β-unsaturated/α-hetero) is 1. The highest BCUT2D eigenvalue weighted by atomic mass is 35.5. The van der Waals surface area contributed by atoms with Crippen molar-refractivity contribution in [2.45, 2.75) is 31.2 Å². The first-order valence-electron chi connectivity index (χ1n) is 6.66. The van der Waals surface area contributed by atoms with Crippen molar-refractivity contribution in [3.63, 3.8) is 0 Å². The maximum atomic E-state index is 12.3. The van der Waals surface area contributed by atoms with Gasteiger partial charge in [-0.15, -0.1) is 0 Å². The third-order valence-corrected chi connectivity index (χ3v) is 4.69. The fourth-order valence-corrected chi connectivity index (χ4v) is 3.33. The molecule has 1 saturated carbocycles. The van der Waals surface area contributed by atoms with Crippen LogP contribution in [0.4, 0.5) is 0 Å². The summed E-state index contributed by atoms with van der Waals surface area (Å²) in [5.41, 5.74) is -0.281. The zero-order valence-electron chi connectivity index (χ0n) is 11.1. The molecule has 2 N–H and O–H groups in total. The van der Waals surface area contributed by atoms with Gasteiger partial charge in [0, 0.05) is 28.5 Å². The Morgan fingerprint density at radius 1 is 1.14 bits per heavy atom. The average molecular weight is 326 g/mol. The van der Waals surface area contributed by atoms with Crippen LogP contribution in [0.15, 0.2) is 24.0 Å². The first-order chi connectivity index (χ1) is 9.93. The fraction of sp³-hybridized carbons (Fsp3) is 0.333. The van der Waals surface area contributed by atoms with Crippen molar-refractivity contribution in [3.05, 3.63) is 39.6 Å². The summed E-state index contributed by atoms with van der Waals surface area (Å²) in [5.74, 6) is -0.271. The van der Waals surface area contributed by atoms with Gasteiger partial charge >= 0.3 is 0 Å². The second-order valence-electron chi connectivity index (χ2n) is 5.42. The van der Waals surface area contributed by atoms with Crippen LogP contribution in [0, 0.1) is 0 Å². The molecular weight excluding hydrogens is 313 g/mol. The largest absolute Gasteiger partial charge is 0.509 e. The molecule has 21 heavy (non-hydrogen) atoms. The van der Waals surface area contributed by atoms with Crippen molar-refractivity contribution < 1.29 is 14.7 Å². The van der Waals surface area contributed by atoms with E-state index in [1.165, 1.54) is 0 Å². The highest BCUT2D eigenvalue weighted by Crippen LogP contribution is 2.42. The van der Waals surface area contributed by atoms with E-state index in [2.05, 4.69) is 5.32 Å². The zero-order chi connectivity index (χ0) is 15.2. The van der Waals surface area contributed by atoms with E-state index in [1.54, 1.807) is 18.2 Å². The number of aliphatic hydroxyl groups excluding tert-OH is 1. The Labute approximate surface area is 131 Å². The summed E-state index contributed by atoms with van der Waals surface area (Å²) >= 11 is 12.1. The minimum Gasteiger partial charge on any atom is -0.509 e. The van der Waals surface area contributed by atoms with Gasteiger partial charge in [0.2, 0.25) is 0 Å². The van der Waals surface area contributed by atoms with E-state index < -0.39 is 5.54 Å². The number of rotatable bonds is 1. The molecule has 6 heteroatoms. The molecule has 2 aliphatic rings. The summed E-state index contributed by atoms with van der Waals surface area (Å²) in [6.07, 6.45) is 1.51. The third kappa shape index (κ3) is 2.32. The Balaban J connectivity index is 2.08. The molecule has 3 rings (SSSR count). The summed E-state index contributed by atoms with van der Waals surface area (Å²) in [4.78, 5) is 23.7. The molecule has 0 atom stereocenters. The van der Waals surface area contributed by atoms with Crippen molar-refractivity contribution in [3.8, 4) is 0 Å². The molecule has 0 unspecified atom stereocenters. The van der Waals surface area contributed by atoms with Crippen molar-refractivity contribution in [2.75, 3.05) is 0 Å². The number of halogens is 2. The minimum absolute atomic E-state index is 0.0378. The predicted octanol–water partition coefficient (Wildman–Crippen LogP) is 3.27. The van der Waals surface area contributed by atoms with Gasteiger partial charge in [-0.1, -0.05) is 23.2 Å². The maximum Gasteiger partial charge on any atom is 0.256 e. The van der Waals surface area contributed by atoms with Crippen LogP contribution in [0.1, 0.15) is 31.2 Å². The molecule has 1 spiro atoms. The molecule has 110 valence electrons. The highest BCUT2D eigenvalue weighted by Gasteiger charge is 2.48. The number of benzene rings is 1. The van der Waals surface area contributed by atoms with Gasteiger partial charge in [-0.3, -0.25) is 9.59 Å². The molecule has 4 nitrogen and oxygen atoms in total. The van der Waals surface area contributed by atoms with Crippen LogP contribution < -0.4 is 5.32 Å². The Morgan fingerprint density at radius 3 is 2.48 bits per heavy atom. The molecule has 1 aromatic carbocycles. The Morgan fingerprint density at radius 2 is 1.81 bits per heavy atom. The molecule has 1 aliphatic heterocycles. The number of hydrogen-bond donors (Lipinski definition) is 2. The van der Waals surface area contributed by atoms with E-state index in [9.17, 15) is 14.7 Å². The van der Waals surface area contributed by atoms with Crippen LogP contribution in [-0.4, -0.2) is 22.3 Å². The molecule has 0 aromatic heterocycles. The van der Waals surface area contributed by atoms with Gasteiger partial charge < -0.3 is 10.4 Å². The SMILES string of the molecule is O=C1CCC2(CC1)NC(=O)C(c1cc(Cl)ccc1Cl)=C2O. The molecule has 1 aliphatic carbocycles. The van der Waals surface area contributed by atoms with Crippen LogP contribution in [0.5, 0.6) is 0 Å². The normalized spacial score (nSPS) is 21.0. The van der Waals surface area contributed by atoms with E-state index in [4.69, 9.17) is 23.2 Å². The summed E-state index contributed by atoms with van der Waals surface area (Å²) in [7, 11) is 0. The van der Waals surface area contributed by atoms with Gasteiger partial charge in [0.25, 0.3) is 5.91 Å². The number of aliphatic hydroxyl groups is 1. The van der Waals surface area contributed by atoms with E-state index >= 15 is 0 Å². The molecular formula is C15H13Cl2NO3. The van der Waals surface area contributed by atoms with Crippen LogP contribution in [0.3, 0.4) is 0 Å². The molecule has 0 bridgehead atoms. The van der Waals surface area contributed by atoms with Gasteiger partial charge in [0.05, 0.1) is 11.1 Å². The summed E-state index contributed by atoms with van der Waals surface area (Å²) in [6, 6.07) is 4.76. The van der Waals surface area contributed by atoms with Crippen molar-refractivity contribution in [1.29, 1.82) is 0 Å². The Hall–Kier alpha value is -1.52. The van der Waals surface area contributed by atoms with Crippen LogP contribution >= 0.6 is 23.2 Å². The van der Waals surface area contributed by atoms with Crippen LogP contribution in [0.25, 0.3) is 5.57 Å². The number of hydrogen-bond acceptors (Lipinski definition) is 3. The second kappa shape index (κ2) is 5.04. The van der Waals surface area contributed by atoms with Gasteiger partial charge in [0.15, 0.2) is 0 Å². The zero-order valence-corrected chi connectivity index (χ0v) is 12.6. The lowest BCUT2D eigenvalue weighted by Gasteiger charge is -2.32. The second-order valence-corrected chi connectivity index (χ2v) is 6.27. The van der Waals surface area contributed by atoms with Crippen molar-refractivity contribution in [2.24, 2.45) is 0 Å². The Bertz CT molecular complexity index is 671. The monoisotopic (exact) mass is 325 g/mol. The van der Waals surface area contributed by atoms with E-state index in [0.29, 0.717) is 41.3 Å². The summed E-state index contributed by atoms with van der Waals surface area (Å²) < 4.78 is 0.